The summed E-state index contributed by atoms with van der Waals surface area (Å²) in [6.07, 6.45) is 0.534. The van der Waals surface area contributed by atoms with Gasteiger partial charge in [0.2, 0.25) is 5.91 Å². The van der Waals surface area contributed by atoms with Gasteiger partial charge in [-0.25, -0.2) is 8.42 Å². The fourth-order valence-electron chi connectivity index (χ4n) is 3.10. The summed E-state index contributed by atoms with van der Waals surface area (Å²) in [6.45, 7) is 2.53. The zero-order valence-corrected chi connectivity index (χ0v) is 16.6. The van der Waals surface area contributed by atoms with Gasteiger partial charge < -0.3 is 9.80 Å². The molecule has 1 saturated heterocycles. The predicted octanol–water partition coefficient (Wildman–Crippen LogP) is 1.22. The molecule has 0 radical (unpaired) electrons. The van der Waals surface area contributed by atoms with Gasteiger partial charge in [0.05, 0.1) is 17.5 Å². The minimum absolute atomic E-state index is 0.0339. The molecule has 0 aliphatic carbocycles. The molecule has 1 aliphatic heterocycles. The second kappa shape index (κ2) is 7.74. The Balaban J connectivity index is 2.00. The van der Waals surface area contributed by atoms with Crippen molar-refractivity contribution >= 4 is 21.4 Å². The summed E-state index contributed by atoms with van der Waals surface area (Å²) in [6, 6.07) is 7.71. The van der Waals surface area contributed by atoms with Gasteiger partial charge in [0.1, 0.15) is 0 Å². The zero-order chi connectivity index (χ0) is 18.8. The van der Waals surface area contributed by atoms with Gasteiger partial charge in [-0.15, -0.1) is 0 Å². The maximum atomic E-state index is 12.7. The lowest BCUT2D eigenvalue weighted by molar-refractivity contribution is -0.136. The fourth-order valence-corrected chi connectivity index (χ4v) is 4.88. The highest BCUT2D eigenvalue weighted by Gasteiger charge is 2.34. The van der Waals surface area contributed by atoms with Crippen LogP contribution in [0.3, 0.4) is 0 Å². The molecule has 1 aromatic carbocycles. The lowest BCUT2D eigenvalue weighted by atomic mass is 10.1. The Hall–Kier alpha value is -1.60. The number of nitrogens with zero attached hydrogens (tertiary/aromatic N) is 3. The van der Waals surface area contributed by atoms with Crippen molar-refractivity contribution in [3.05, 3.63) is 29.8 Å². The van der Waals surface area contributed by atoms with Crippen LogP contribution < -0.4 is 4.90 Å². The third-order valence-electron chi connectivity index (χ3n) is 4.98. The normalized spacial score (nSPS) is 20.5. The minimum Gasteiger partial charge on any atom is -0.378 e. The van der Waals surface area contributed by atoms with Gasteiger partial charge in [-0.3, -0.25) is 9.69 Å². The lowest BCUT2D eigenvalue weighted by Gasteiger charge is -2.31. The second-order valence-electron chi connectivity index (χ2n) is 7.16. The van der Waals surface area contributed by atoms with E-state index in [0.29, 0.717) is 13.0 Å². The first-order valence-corrected chi connectivity index (χ1v) is 10.4. The predicted molar refractivity (Wildman–Crippen MR) is 102 cm³/mol. The van der Waals surface area contributed by atoms with Crippen LogP contribution in [0.5, 0.6) is 0 Å². The maximum Gasteiger partial charge on any atom is 0.239 e. The summed E-state index contributed by atoms with van der Waals surface area (Å²) >= 11 is 0. The molecule has 6 nitrogen and oxygen atoms in total. The Morgan fingerprint density at radius 3 is 2.48 bits per heavy atom. The number of hydrogen-bond acceptors (Lipinski definition) is 5. The van der Waals surface area contributed by atoms with Crippen molar-refractivity contribution in [3.63, 3.8) is 0 Å². The van der Waals surface area contributed by atoms with Crippen LogP contribution in [-0.4, -0.2) is 75.9 Å². The number of hydrogen-bond donors (Lipinski definition) is 0. The summed E-state index contributed by atoms with van der Waals surface area (Å²) < 4.78 is 23.3. The van der Waals surface area contributed by atoms with Crippen molar-refractivity contribution in [3.8, 4) is 0 Å². The summed E-state index contributed by atoms with van der Waals surface area (Å²) in [7, 11) is 4.64. The molecule has 1 amide bonds. The van der Waals surface area contributed by atoms with E-state index < -0.39 is 9.84 Å². The highest BCUT2D eigenvalue weighted by Crippen LogP contribution is 2.19. The molecule has 2 unspecified atom stereocenters. The number of carbonyl (C=O) groups is 1. The average Bonchev–Trinajstić information content (AvgIpc) is 2.92. The number of rotatable bonds is 6. The monoisotopic (exact) mass is 367 g/mol. The van der Waals surface area contributed by atoms with Crippen molar-refractivity contribution < 1.29 is 13.2 Å². The van der Waals surface area contributed by atoms with Crippen LogP contribution in [0.15, 0.2) is 24.3 Å². The van der Waals surface area contributed by atoms with Gasteiger partial charge in [0.25, 0.3) is 0 Å². The Morgan fingerprint density at radius 1 is 1.24 bits per heavy atom. The van der Waals surface area contributed by atoms with E-state index in [2.05, 4.69) is 6.07 Å². The van der Waals surface area contributed by atoms with Crippen LogP contribution in [-0.2, 0) is 21.2 Å². The SMILES string of the molecule is CC(C(=O)N(C)C1CCS(=O)(=O)C1)N(C)Cc1cccc(N(C)C)c1. The molecule has 1 fully saturated rings. The number of anilines is 1. The average molecular weight is 368 g/mol. The third-order valence-corrected chi connectivity index (χ3v) is 6.73. The molecule has 1 aromatic rings. The first-order chi connectivity index (χ1) is 11.6. The van der Waals surface area contributed by atoms with Crippen LogP contribution in [0.25, 0.3) is 0 Å². The van der Waals surface area contributed by atoms with Crippen LogP contribution in [0.4, 0.5) is 5.69 Å². The summed E-state index contributed by atoms with van der Waals surface area (Å²) in [5.41, 5.74) is 2.26. The van der Waals surface area contributed by atoms with E-state index in [9.17, 15) is 13.2 Å². The molecule has 25 heavy (non-hydrogen) atoms. The molecular formula is C18H29N3O3S. The molecule has 7 heteroatoms. The lowest BCUT2D eigenvalue weighted by Crippen LogP contribution is -2.48. The standard InChI is InChI=1S/C18H29N3O3S/c1-14(18(22)21(5)17-9-10-25(23,24)13-17)20(4)12-15-7-6-8-16(11-15)19(2)3/h6-8,11,14,17H,9-10,12-13H2,1-5H3. The van der Waals surface area contributed by atoms with E-state index in [1.807, 2.05) is 56.1 Å². The number of likely N-dealkylation sites (N-methyl/N-ethyl adjacent to an activating group) is 2. The van der Waals surface area contributed by atoms with Crippen LogP contribution in [0.2, 0.25) is 0 Å². The first-order valence-electron chi connectivity index (χ1n) is 8.54. The Kier molecular flexibility index (Phi) is 6.11. The number of sulfone groups is 1. The zero-order valence-electron chi connectivity index (χ0n) is 15.8. The molecule has 2 atom stereocenters. The van der Waals surface area contributed by atoms with Crippen molar-refractivity contribution in [1.29, 1.82) is 0 Å². The van der Waals surface area contributed by atoms with Gasteiger partial charge in [0.15, 0.2) is 9.84 Å². The second-order valence-corrected chi connectivity index (χ2v) is 9.39. The quantitative estimate of drug-likeness (QED) is 0.757. The molecule has 0 spiro atoms. The smallest absolute Gasteiger partial charge is 0.239 e. The maximum absolute atomic E-state index is 12.7. The molecule has 0 saturated carbocycles. The number of benzene rings is 1. The van der Waals surface area contributed by atoms with E-state index >= 15 is 0 Å². The first kappa shape index (κ1) is 19.7. The molecule has 140 valence electrons. The van der Waals surface area contributed by atoms with E-state index in [4.69, 9.17) is 0 Å². The van der Waals surface area contributed by atoms with E-state index in [0.717, 1.165) is 11.3 Å². The molecular weight excluding hydrogens is 338 g/mol. The highest BCUT2D eigenvalue weighted by molar-refractivity contribution is 7.91. The largest absolute Gasteiger partial charge is 0.378 e. The Morgan fingerprint density at radius 2 is 1.92 bits per heavy atom. The molecule has 0 aromatic heterocycles. The fraction of sp³-hybridized carbons (Fsp3) is 0.611. The summed E-state index contributed by atoms with van der Waals surface area (Å²) in [5, 5.41) is 0. The summed E-state index contributed by atoms with van der Waals surface area (Å²) in [5.74, 6) is 0.223. The van der Waals surface area contributed by atoms with Crippen molar-refractivity contribution in [2.75, 3.05) is 44.6 Å². The Bertz CT molecular complexity index is 718. The van der Waals surface area contributed by atoms with E-state index in [1.54, 1.807) is 11.9 Å². The van der Waals surface area contributed by atoms with Crippen LogP contribution >= 0.6 is 0 Å². The van der Waals surface area contributed by atoms with Gasteiger partial charge in [-0.2, -0.15) is 0 Å². The molecule has 0 bridgehead atoms. The van der Waals surface area contributed by atoms with Gasteiger partial charge >= 0.3 is 0 Å². The Labute approximate surface area is 151 Å². The summed E-state index contributed by atoms with van der Waals surface area (Å²) in [4.78, 5) is 18.4. The van der Waals surface area contributed by atoms with E-state index in [1.165, 1.54) is 0 Å². The third kappa shape index (κ3) is 4.95. The van der Waals surface area contributed by atoms with Crippen LogP contribution in [0.1, 0.15) is 18.9 Å². The van der Waals surface area contributed by atoms with E-state index in [-0.39, 0.29) is 29.5 Å². The number of carbonyl (C=O) groups excluding carboxylic acids is 1. The topological polar surface area (TPSA) is 60.9 Å². The molecule has 0 N–H and O–H groups in total. The van der Waals surface area contributed by atoms with Crippen molar-refractivity contribution in [1.82, 2.24) is 9.80 Å². The molecule has 1 aliphatic rings. The van der Waals surface area contributed by atoms with Crippen molar-refractivity contribution in [2.45, 2.75) is 32.0 Å². The van der Waals surface area contributed by atoms with Gasteiger partial charge in [-0.05, 0) is 38.1 Å². The van der Waals surface area contributed by atoms with Gasteiger partial charge in [0, 0.05) is 39.4 Å². The number of amides is 1. The molecule has 1 heterocycles. The highest BCUT2D eigenvalue weighted by atomic mass is 32.2. The van der Waals surface area contributed by atoms with Crippen LogP contribution in [0, 0.1) is 0 Å². The minimum atomic E-state index is -2.99. The van der Waals surface area contributed by atoms with Gasteiger partial charge in [-0.1, -0.05) is 12.1 Å². The van der Waals surface area contributed by atoms with Crippen molar-refractivity contribution in [2.24, 2.45) is 0 Å². The molecule has 2 rings (SSSR count).